The number of fused-ring (bicyclic) bond motifs is 1. The lowest BCUT2D eigenvalue weighted by Gasteiger charge is -2.03. The number of rotatable bonds is 1. The second kappa shape index (κ2) is 3.99. The topological polar surface area (TPSA) is 37.8 Å². The van der Waals surface area contributed by atoms with E-state index in [1.165, 1.54) is 16.7 Å². The Morgan fingerprint density at radius 3 is 2.78 bits per heavy atom. The van der Waals surface area contributed by atoms with Crippen LogP contribution in [0.4, 0.5) is 4.39 Å². The average Bonchev–Trinajstić information content (AvgIpc) is 2.64. The number of imidazole rings is 1. The SMILES string of the molecule is O=c1[nH]c2cc(Cl)ccc2n1-c1cccc(F)c1. The molecule has 0 saturated carbocycles. The highest BCUT2D eigenvalue weighted by molar-refractivity contribution is 6.31. The maximum Gasteiger partial charge on any atom is 0.331 e. The van der Waals surface area contributed by atoms with Crippen LogP contribution in [0.5, 0.6) is 0 Å². The van der Waals surface area contributed by atoms with Crippen molar-refractivity contribution in [2.75, 3.05) is 0 Å². The second-order valence-corrected chi connectivity index (χ2v) is 4.34. The molecule has 1 heterocycles. The van der Waals surface area contributed by atoms with Crippen molar-refractivity contribution in [2.45, 2.75) is 0 Å². The Balaban J connectivity index is 2.35. The van der Waals surface area contributed by atoms with Gasteiger partial charge in [-0.2, -0.15) is 0 Å². The van der Waals surface area contributed by atoms with Gasteiger partial charge in [-0.1, -0.05) is 17.7 Å². The summed E-state index contributed by atoms with van der Waals surface area (Å²) in [5.41, 5.74) is 1.44. The van der Waals surface area contributed by atoms with E-state index < -0.39 is 0 Å². The highest BCUT2D eigenvalue weighted by Crippen LogP contribution is 2.19. The Labute approximate surface area is 106 Å². The first-order valence-electron chi connectivity index (χ1n) is 5.31. The number of H-pyrrole nitrogens is 1. The summed E-state index contributed by atoms with van der Waals surface area (Å²) in [6, 6.07) is 10.9. The monoisotopic (exact) mass is 262 g/mol. The Hall–Kier alpha value is -2.07. The van der Waals surface area contributed by atoms with Crippen LogP contribution in [0.3, 0.4) is 0 Å². The third-order valence-electron chi connectivity index (χ3n) is 2.71. The minimum Gasteiger partial charge on any atom is -0.305 e. The Morgan fingerprint density at radius 1 is 1.17 bits per heavy atom. The van der Waals surface area contributed by atoms with Crippen molar-refractivity contribution in [3.8, 4) is 5.69 Å². The number of benzene rings is 2. The van der Waals surface area contributed by atoms with Gasteiger partial charge in [0.25, 0.3) is 0 Å². The highest BCUT2D eigenvalue weighted by Gasteiger charge is 2.09. The van der Waals surface area contributed by atoms with Gasteiger partial charge in [-0.25, -0.2) is 9.18 Å². The van der Waals surface area contributed by atoms with E-state index in [1.807, 2.05) is 0 Å². The molecule has 3 aromatic rings. The van der Waals surface area contributed by atoms with E-state index >= 15 is 0 Å². The smallest absolute Gasteiger partial charge is 0.305 e. The zero-order chi connectivity index (χ0) is 12.7. The first-order chi connectivity index (χ1) is 8.65. The van der Waals surface area contributed by atoms with Gasteiger partial charge in [0.2, 0.25) is 0 Å². The molecule has 0 radical (unpaired) electrons. The zero-order valence-corrected chi connectivity index (χ0v) is 9.91. The fourth-order valence-corrected chi connectivity index (χ4v) is 2.13. The molecule has 1 N–H and O–H groups in total. The zero-order valence-electron chi connectivity index (χ0n) is 9.15. The number of nitrogens with one attached hydrogen (secondary N) is 1. The molecular weight excluding hydrogens is 255 g/mol. The number of hydrogen-bond donors (Lipinski definition) is 1. The lowest BCUT2D eigenvalue weighted by molar-refractivity contribution is 0.626. The molecular formula is C13H8ClFN2O. The van der Waals surface area contributed by atoms with Gasteiger partial charge >= 0.3 is 5.69 Å². The van der Waals surface area contributed by atoms with E-state index in [9.17, 15) is 9.18 Å². The first kappa shape index (κ1) is 11.0. The highest BCUT2D eigenvalue weighted by atomic mass is 35.5. The molecule has 18 heavy (non-hydrogen) atoms. The van der Waals surface area contributed by atoms with E-state index in [-0.39, 0.29) is 11.5 Å². The van der Waals surface area contributed by atoms with E-state index in [0.717, 1.165) is 0 Å². The molecule has 0 aliphatic rings. The summed E-state index contributed by atoms with van der Waals surface area (Å²) in [5.74, 6) is -0.386. The van der Waals surface area contributed by atoms with Crippen LogP contribution in [-0.2, 0) is 0 Å². The number of halogens is 2. The number of aromatic amines is 1. The molecule has 1 aromatic heterocycles. The summed E-state index contributed by atoms with van der Waals surface area (Å²) in [7, 11) is 0. The lowest BCUT2D eigenvalue weighted by Crippen LogP contribution is -2.14. The minimum absolute atomic E-state index is 0.321. The van der Waals surface area contributed by atoms with Crippen molar-refractivity contribution >= 4 is 22.6 Å². The van der Waals surface area contributed by atoms with Crippen molar-refractivity contribution < 1.29 is 4.39 Å². The maximum absolute atomic E-state index is 13.2. The van der Waals surface area contributed by atoms with Gasteiger partial charge in [0.15, 0.2) is 0 Å². The van der Waals surface area contributed by atoms with Crippen molar-refractivity contribution in [3.05, 3.63) is 63.8 Å². The fraction of sp³-hybridized carbons (Fsp3) is 0. The van der Waals surface area contributed by atoms with E-state index in [0.29, 0.717) is 21.7 Å². The van der Waals surface area contributed by atoms with Gasteiger partial charge in [-0.05, 0) is 36.4 Å². The van der Waals surface area contributed by atoms with Crippen LogP contribution in [0.25, 0.3) is 16.7 Å². The molecule has 0 atom stereocenters. The van der Waals surface area contributed by atoms with Crippen molar-refractivity contribution in [1.29, 1.82) is 0 Å². The molecule has 3 rings (SSSR count). The lowest BCUT2D eigenvalue weighted by atomic mass is 10.2. The molecule has 0 amide bonds. The van der Waals surface area contributed by atoms with Crippen LogP contribution in [0.15, 0.2) is 47.3 Å². The third kappa shape index (κ3) is 1.71. The summed E-state index contributed by atoms with van der Waals surface area (Å²) in [6.07, 6.45) is 0. The van der Waals surface area contributed by atoms with Crippen LogP contribution < -0.4 is 5.69 Å². The minimum atomic E-state index is -0.386. The number of nitrogens with zero attached hydrogens (tertiary/aromatic N) is 1. The van der Waals surface area contributed by atoms with Crippen LogP contribution in [0, 0.1) is 5.82 Å². The molecule has 0 spiro atoms. The van der Waals surface area contributed by atoms with Crippen molar-refractivity contribution in [2.24, 2.45) is 0 Å². The molecule has 0 fully saturated rings. The molecule has 0 bridgehead atoms. The standard InChI is InChI=1S/C13H8ClFN2O/c14-8-4-5-12-11(6-8)16-13(18)17(12)10-3-1-2-9(15)7-10/h1-7H,(H,16,18). The Morgan fingerprint density at radius 2 is 2.00 bits per heavy atom. The summed E-state index contributed by atoms with van der Waals surface area (Å²) in [5, 5.41) is 0.537. The van der Waals surface area contributed by atoms with Crippen LogP contribution >= 0.6 is 11.6 Å². The number of hydrogen-bond acceptors (Lipinski definition) is 1. The fourth-order valence-electron chi connectivity index (χ4n) is 1.96. The van der Waals surface area contributed by atoms with E-state index in [1.54, 1.807) is 30.3 Å². The van der Waals surface area contributed by atoms with Gasteiger partial charge in [-0.3, -0.25) is 4.57 Å². The Bertz CT molecular complexity index is 791. The van der Waals surface area contributed by atoms with Crippen molar-refractivity contribution in [3.63, 3.8) is 0 Å². The molecule has 5 heteroatoms. The molecule has 3 nitrogen and oxygen atoms in total. The van der Waals surface area contributed by atoms with E-state index in [2.05, 4.69) is 4.98 Å². The first-order valence-corrected chi connectivity index (χ1v) is 5.69. The van der Waals surface area contributed by atoms with Gasteiger partial charge in [0.1, 0.15) is 5.82 Å². The van der Waals surface area contributed by atoms with Crippen molar-refractivity contribution in [1.82, 2.24) is 9.55 Å². The van der Waals surface area contributed by atoms with Gasteiger partial charge < -0.3 is 4.98 Å². The maximum atomic E-state index is 13.2. The second-order valence-electron chi connectivity index (χ2n) is 3.91. The normalized spacial score (nSPS) is 11.0. The van der Waals surface area contributed by atoms with Crippen LogP contribution in [-0.4, -0.2) is 9.55 Å². The molecule has 0 aliphatic heterocycles. The molecule has 0 unspecified atom stereocenters. The van der Waals surface area contributed by atoms with Gasteiger partial charge in [0, 0.05) is 5.02 Å². The van der Waals surface area contributed by atoms with Gasteiger partial charge in [0.05, 0.1) is 16.7 Å². The molecule has 0 saturated heterocycles. The molecule has 2 aromatic carbocycles. The average molecular weight is 263 g/mol. The summed E-state index contributed by atoms with van der Waals surface area (Å²) in [4.78, 5) is 14.6. The molecule has 0 aliphatic carbocycles. The number of aromatic nitrogens is 2. The summed E-state index contributed by atoms with van der Waals surface area (Å²) in [6.45, 7) is 0. The van der Waals surface area contributed by atoms with Crippen LogP contribution in [0.1, 0.15) is 0 Å². The summed E-state index contributed by atoms with van der Waals surface area (Å²) < 4.78 is 14.6. The molecule has 90 valence electrons. The largest absolute Gasteiger partial charge is 0.331 e. The van der Waals surface area contributed by atoms with Gasteiger partial charge in [-0.15, -0.1) is 0 Å². The predicted molar refractivity (Wildman–Crippen MR) is 68.9 cm³/mol. The third-order valence-corrected chi connectivity index (χ3v) is 2.95. The Kier molecular flexibility index (Phi) is 2.45. The van der Waals surface area contributed by atoms with Crippen LogP contribution in [0.2, 0.25) is 5.02 Å². The predicted octanol–water partition coefficient (Wildman–Crippen LogP) is 3.11. The summed E-state index contributed by atoms with van der Waals surface area (Å²) >= 11 is 5.86. The quantitative estimate of drug-likeness (QED) is 0.719. The van der Waals surface area contributed by atoms with E-state index in [4.69, 9.17) is 11.6 Å².